The third-order valence-corrected chi connectivity index (χ3v) is 3.50. The molecule has 3 nitrogen and oxygen atoms in total. The average molecular weight is 223 g/mol. The molecule has 0 unspecified atom stereocenters. The lowest BCUT2D eigenvalue weighted by atomic mass is 9.78. The number of hydrogen-bond acceptors (Lipinski definition) is 3. The minimum Gasteiger partial charge on any atom is -0.400 e. The lowest BCUT2D eigenvalue weighted by Gasteiger charge is -2.32. The van der Waals surface area contributed by atoms with Crippen molar-refractivity contribution in [2.75, 3.05) is 0 Å². The third kappa shape index (κ3) is 2.38. The van der Waals surface area contributed by atoms with Crippen LogP contribution in [0.2, 0.25) is 0 Å². The predicted molar refractivity (Wildman–Crippen MR) is 68.6 cm³/mol. The van der Waals surface area contributed by atoms with Crippen LogP contribution in [0, 0.1) is 0 Å². The van der Waals surface area contributed by atoms with Gasteiger partial charge in [0.1, 0.15) is 0 Å². The van der Waals surface area contributed by atoms with E-state index in [-0.39, 0.29) is 18.3 Å². The first-order chi connectivity index (χ1) is 7.21. The van der Waals surface area contributed by atoms with E-state index in [4.69, 9.17) is 9.31 Å². The Hall–Kier alpha value is -0.605. The molecule has 90 valence electrons. The van der Waals surface area contributed by atoms with Gasteiger partial charge in [-0.15, -0.1) is 0 Å². The largest absolute Gasteiger partial charge is 0.492 e. The maximum Gasteiger partial charge on any atom is 0.492 e. The lowest BCUT2D eigenvalue weighted by molar-refractivity contribution is 0.00578. The van der Waals surface area contributed by atoms with Gasteiger partial charge in [-0.25, -0.2) is 0 Å². The molecule has 0 saturated carbocycles. The van der Waals surface area contributed by atoms with E-state index in [2.05, 4.69) is 32.7 Å². The summed E-state index contributed by atoms with van der Waals surface area (Å²) in [6.07, 6.45) is 1.78. The fourth-order valence-corrected chi connectivity index (χ4v) is 1.49. The first-order valence-corrected chi connectivity index (χ1v) is 5.73. The van der Waals surface area contributed by atoms with Crippen molar-refractivity contribution in [2.45, 2.75) is 59.7 Å². The van der Waals surface area contributed by atoms with E-state index in [1.807, 2.05) is 20.8 Å². The van der Waals surface area contributed by atoms with Crippen LogP contribution in [0.1, 0.15) is 48.5 Å². The van der Waals surface area contributed by atoms with Gasteiger partial charge in [0.05, 0.1) is 11.2 Å². The number of rotatable bonds is 2. The molecular weight excluding hydrogens is 201 g/mol. The summed E-state index contributed by atoms with van der Waals surface area (Å²) in [5.74, 6) is 0. The van der Waals surface area contributed by atoms with Crippen molar-refractivity contribution in [3.63, 3.8) is 0 Å². The zero-order chi connectivity index (χ0) is 12.6. The Morgan fingerprint density at radius 2 is 1.50 bits per heavy atom. The highest BCUT2D eigenvalue weighted by molar-refractivity contribution is 6.54. The van der Waals surface area contributed by atoms with Crippen LogP contribution in [-0.2, 0) is 9.31 Å². The maximum absolute atomic E-state index is 5.94. The van der Waals surface area contributed by atoms with Gasteiger partial charge in [-0.05, 0) is 53.9 Å². The summed E-state index contributed by atoms with van der Waals surface area (Å²) in [4.78, 5) is 4.26. The van der Waals surface area contributed by atoms with Crippen LogP contribution in [0.3, 0.4) is 0 Å². The quantitative estimate of drug-likeness (QED) is 0.532. The summed E-state index contributed by atoms with van der Waals surface area (Å²) in [6.45, 7) is 14.1. The first-order valence-electron chi connectivity index (χ1n) is 5.73. The molecule has 1 heterocycles. The van der Waals surface area contributed by atoms with Gasteiger partial charge in [0.25, 0.3) is 0 Å². The fourth-order valence-electron chi connectivity index (χ4n) is 1.49. The van der Waals surface area contributed by atoms with Gasteiger partial charge in [-0.3, -0.25) is 4.99 Å². The molecule has 0 aromatic rings. The van der Waals surface area contributed by atoms with Crippen LogP contribution in [-0.4, -0.2) is 24.5 Å². The van der Waals surface area contributed by atoms with Crippen molar-refractivity contribution < 1.29 is 9.31 Å². The molecule has 1 saturated heterocycles. The zero-order valence-electron chi connectivity index (χ0n) is 11.4. The monoisotopic (exact) mass is 223 g/mol. The fraction of sp³-hybridized carbons (Fsp3) is 0.750. The minimum absolute atomic E-state index is 0.283. The first kappa shape index (κ1) is 13.5. The molecule has 16 heavy (non-hydrogen) atoms. The highest BCUT2D eigenvalue weighted by atomic mass is 16.7. The van der Waals surface area contributed by atoms with Gasteiger partial charge in [0.15, 0.2) is 0 Å². The van der Waals surface area contributed by atoms with Crippen molar-refractivity contribution >= 4 is 13.3 Å². The molecule has 1 aliphatic heterocycles. The van der Waals surface area contributed by atoms with Crippen molar-refractivity contribution in [1.82, 2.24) is 0 Å². The molecule has 0 aliphatic carbocycles. The molecule has 0 spiro atoms. The van der Waals surface area contributed by atoms with Crippen LogP contribution in [0.5, 0.6) is 0 Å². The third-order valence-electron chi connectivity index (χ3n) is 3.50. The minimum atomic E-state index is -0.284. The lowest BCUT2D eigenvalue weighted by Crippen LogP contribution is -2.41. The molecule has 4 heteroatoms. The molecule has 1 aliphatic rings. The van der Waals surface area contributed by atoms with Crippen LogP contribution in [0.4, 0.5) is 0 Å². The molecule has 0 aromatic carbocycles. The zero-order valence-corrected chi connectivity index (χ0v) is 11.4. The Labute approximate surface area is 99.1 Å². The number of nitrogens with zero attached hydrogens (tertiary/aromatic N) is 1. The average Bonchev–Trinajstić information content (AvgIpc) is 2.35. The number of allylic oxidation sites excluding steroid dienone is 2. The Morgan fingerprint density at radius 3 is 1.88 bits per heavy atom. The summed E-state index contributed by atoms with van der Waals surface area (Å²) in [5.41, 5.74) is 1.43. The van der Waals surface area contributed by atoms with E-state index in [0.717, 1.165) is 11.2 Å². The Kier molecular flexibility index (Phi) is 3.65. The number of aliphatic imine (C=N–C) groups is 1. The van der Waals surface area contributed by atoms with Crippen molar-refractivity contribution in [1.29, 1.82) is 0 Å². The van der Waals surface area contributed by atoms with Gasteiger partial charge in [-0.2, -0.15) is 0 Å². The van der Waals surface area contributed by atoms with E-state index in [1.54, 1.807) is 6.21 Å². The molecule has 0 bridgehead atoms. The molecule has 1 fully saturated rings. The van der Waals surface area contributed by atoms with E-state index in [0.29, 0.717) is 0 Å². The standard InChI is InChI=1S/C12H22BNO2/c1-8-14-10(3)9(2)13-15-11(4,5)12(6,7)16-13/h8H,1-7H3/b10-9+,14-8?. The molecular formula is C12H22BNO2. The Balaban J connectivity index is 2.92. The molecule has 1 rings (SSSR count). The van der Waals surface area contributed by atoms with Crippen LogP contribution >= 0.6 is 0 Å². The van der Waals surface area contributed by atoms with Crippen LogP contribution < -0.4 is 0 Å². The van der Waals surface area contributed by atoms with Crippen LogP contribution in [0.15, 0.2) is 16.2 Å². The molecule has 0 N–H and O–H groups in total. The summed E-state index contributed by atoms with van der Waals surface area (Å²) >= 11 is 0. The normalized spacial score (nSPS) is 25.1. The van der Waals surface area contributed by atoms with E-state index < -0.39 is 0 Å². The summed E-state index contributed by atoms with van der Waals surface area (Å²) < 4.78 is 11.9. The Morgan fingerprint density at radius 1 is 1.06 bits per heavy atom. The van der Waals surface area contributed by atoms with Gasteiger partial charge in [0, 0.05) is 11.9 Å². The predicted octanol–water partition coefficient (Wildman–Crippen LogP) is 3.00. The second kappa shape index (κ2) is 4.34. The molecule has 0 radical (unpaired) electrons. The van der Waals surface area contributed by atoms with Gasteiger partial charge in [-0.1, -0.05) is 0 Å². The number of hydrogen-bond donors (Lipinski definition) is 0. The summed E-state index contributed by atoms with van der Waals surface area (Å²) in [7, 11) is -0.284. The second-order valence-electron chi connectivity index (χ2n) is 5.24. The van der Waals surface area contributed by atoms with Crippen molar-refractivity contribution in [3.05, 3.63) is 11.2 Å². The van der Waals surface area contributed by atoms with Gasteiger partial charge in [0.2, 0.25) is 0 Å². The smallest absolute Gasteiger partial charge is 0.400 e. The maximum atomic E-state index is 5.94. The summed E-state index contributed by atoms with van der Waals surface area (Å²) in [5, 5.41) is 0. The van der Waals surface area contributed by atoms with E-state index in [9.17, 15) is 0 Å². The molecule has 0 aromatic heterocycles. The van der Waals surface area contributed by atoms with E-state index >= 15 is 0 Å². The highest BCUT2D eigenvalue weighted by Crippen LogP contribution is 2.38. The van der Waals surface area contributed by atoms with E-state index in [1.165, 1.54) is 0 Å². The van der Waals surface area contributed by atoms with Crippen molar-refractivity contribution in [2.24, 2.45) is 4.99 Å². The van der Waals surface area contributed by atoms with Crippen molar-refractivity contribution in [3.8, 4) is 0 Å². The SMILES string of the molecule is CC=N/C(C)=C(\C)B1OC(C)(C)C(C)(C)O1. The Bertz CT molecular complexity index is 316. The molecule has 0 amide bonds. The van der Waals surface area contributed by atoms with Crippen LogP contribution in [0.25, 0.3) is 0 Å². The van der Waals surface area contributed by atoms with Gasteiger partial charge < -0.3 is 9.31 Å². The topological polar surface area (TPSA) is 30.8 Å². The van der Waals surface area contributed by atoms with Gasteiger partial charge >= 0.3 is 7.12 Å². The highest BCUT2D eigenvalue weighted by Gasteiger charge is 2.51. The molecule has 0 atom stereocenters. The summed E-state index contributed by atoms with van der Waals surface area (Å²) in [6, 6.07) is 0. The second-order valence-corrected chi connectivity index (χ2v) is 5.24.